The summed E-state index contributed by atoms with van der Waals surface area (Å²) in [7, 11) is -4.12. The Morgan fingerprint density at radius 1 is 0.931 bits per heavy atom. The molecule has 0 N–H and O–H groups in total. The number of halogens is 1. The van der Waals surface area contributed by atoms with E-state index in [9.17, 15) is 13.2 Å². The van der Waals surface area contributed by atoms with Crippen LogP contribution in [0.4, 0.5) is 5.69 Å². The number of nitrogens with zero attached hydrogens (tertiary/aromatic N) is 1. The molecule has 0 aliphatic carbocycles. The first-order valence-corrected chi connectivity index (χ1v) is 11.2. The van der Waals surface area contributed by atoms with E-state index in [1.165, 1.54) is 12.1 Å². The Bertz CT molecular complexity index is 1090. The maximum absolute atomic E-state index is 13.4. The number of amides is 1. The smallest absolute Gasteiger partial charge is 0.272 e. The van der Waals surface area contributed by atoms with Gasteiger partial charge in [0.2, 0.25) is 0 Å². The van der Waals surface area contributed by atoms with Crippen molar-refractivity contribution in [1.82, 2.24) is 0 Å². The summed E-state index contributed by atoms with van der Waals surface area (Å²) in [4.78, 5) is 13.3. The molecule has 0 aliphatic rings. The number of aryl methyl sites for hydroxylation is 1. The van der Waals surface area contributed by atoms with Crippen molar-refractivity contribution < 1.29 is 17.9 Å². The fourth-order valence-electron chi connectivity index (χ4n) is 2.73. The fourth-order valence-corrected chi connectivity index (χ4v) is 4.41. The second-order valence-corrected chi connectivity index (χ2v) is 9.02. The summed E-state index contributed by atoms with van der Waals surface area (Å²) in [5.41, 5.74) is 1.43. The number of ether oxygens (including phenoxy) is 1. The maximum Gasteiger partial charge on any atom is 0.272 e. The molecular weight excluding hydrogens is 454 g/mol. The minimum Gasteiger partial charge on any atom is -0.494 e. The van der Waals surface area contributed by atoms with E-state index in [0.717, 1.165) is 14.3 Å². The molecule has 3 rings (SSSR count). The van der Waals surface area contributed by atoms with Gasteiger partial charge in [-0.2, -0.15) is 4.31 Å². The number of hydrogen-bond acceptors (Lipinski definition) is 4. The van der Waals surface area contributed by atoms with Crippen LogP contribution in [0, 0.1) is 6.92 Å². The summed E-state index contributed by atoms with van der Waals surface area (Å²) >= 11 is 3.33. The predicted molar refractivity (Wildman–Crippen MR) is 117 cm³/mol. The third kappa shape index (κ3) is 4.68. The average molecular weight is 474 g/mol. The van der Waals surface area contributed by atoms with Gasteiger partial charge in [-0.25, -0.2) is 8.42 Å². The molecule has 3 aromatic carbocycles. The third-order valence-corrected chi connectivity index (χ3v) is 6.47. The molecule has 1 amide bonds. The molecule has 29 heavy (non-hydrogen) atoms. The largest absolute Gasteiger partial charge is 0.494 e. The van der Waals surface area contributed by atoms with E-state index in [0.29, 0.717) is 12.4 Å². The Morgan fingerprint density at radius 2 is 1.52 bits per heavy atom. The second-order valence-electron chi connectivity index (χ2n) is 6.32. The average Bonchev–Trinajstić information content (AvgIpc) is 2.70. The van der Waals surface area contributed by atoms with E-state index in [2.05, 4.69) is 15.9 Å². The van der Waals surface area contributed by atoms with Crippen LogP contribution in [0.25, 0.3) is 0 Å². The summed E-state index contributed by atoms with van der Waals surface area (Å²) in [6.45, 7) is 4.22. The first kappa shape index (κ1) is 21.1. The number of sulfonamides is 1. The van der Waals surface area contributed by atoms with E-state index < -0.39 is 15.9 Å². The summed E-state index contributed by atoms with van der Waals surface area (Å²) in [5, 5.41) is 0. The van der Waals surface area contributed by atoms with E-state index in [4.69, 9.17) is 4.74 Å². The molecule has 0 heterocycles. The zero-order chi connectivity index (χ0) is 21.0. The monoisotopic (exact) mass is 473 g/mol. The van der Waals surface area contributed by atoms with Crippen molar-refractivity contribution in [2.45, 2.75) is 18.7 Å². The van der Waals surface area contributed by atoms with Crippen LogP contribution in [0.2, 0.25) is 0 Å². The quantitative estimate of drug-likeness (QED) is 0.493. The summed E-state index contributed by atoms with van der Waals surface area (Å²) in [6, 6.07) is 19.4. The topological polar surface area (TPSA) is 63.7 Å². The molecule has 0 fully saturated rings. The molecule has 0 radical (unpaired) electrons. The molecule has 0 spiro atoms. The van der Waals surface area contributed by atoms with Gasteiger partial charge in [0.05, 0.1) is 17.2 Å². The van der Waals surface area contributed by atoms with E-state index in [-0.39, 0.29) is 16.1 Å². The lowest BCUT2D eigenvalue weighted by Gasteiger charge is -2.23. The lowest BCUT2D eigenvalue weighted by atomic mass is 10.2. The van der Waals surface area contributed by atoms with Gasteiger partial charge in [-0.1, -0.05) is 33.6 Å². The molecule has 0 bridgehead atoms. The molecule has 0 saturated carbocycles. The summed E-state index contributed by atoms with van der Waals surface area (Å²) in [6.07, 6.45) is 0. The number of benzene rings is 3. The van der Waals surface area contributed by atoms with Gasteiger partial charge >= 0.3 is 0 Å². The van der Waals surface area contributed by atoms with Gasteiger partial charge in [-0.15, -0.1) is 0 Å². The molecule has 0 atom stereocenters. The lowest BCUT2D eigenvalue weighted by molar-refractivity contribution is 0.101. The summed E-state index contributed by atoms with van der Waals surface area (Å²) < 4.78 is 33.9. The highest BCUT2D eigenvalue weighted by atomic mass is 79.9. The zero-order valence-electron chi connectivity index (χ0n) is 16.0. The van der Waals surface area contributed by atoms with Crippen molar-refractivity contribution >= 4 is 37.5 Å². The van der Waals surface area contributed by atoms with E-state index >= 15 is 0 Å². The van der Waals surface area contributed by atoms with Gasteiger partial charge in [0.1, 0.15) is 5.75 Å². The third-order valence-electron chi connectivity index (χ3n) is 4.22. The van der Waals surface area contributed by atoms with Crippen molar-refractivity contribution in [3.63, 3.8) is 0 Å². The fraction of sp³-hybridized carbons (Fsp3) is 0.136. The maximum atomic E-state index is 13.4. The van der Waals surface area contributed by atoms with Crippen LogP contribution >= 0.6 is 15.9 Å². The molecule has 5 nitrogen and oxygen atoms in total. The number of carbonyl (C=O) groups excluding carboxylic acids is 1. The number of anilines is 1. The van der Waals surface area contributed by atoms with Crippen LogP contribution in [0.1, 0.15) is 22.8 Å². The van der Waals surface area contributed by atoms with Crippen molar-refractivity contribution in [3.8, 4) is 5.75 Å². The highest BCUT2D eigenvalue weighted by molar-refractivity contribution is 9.10. The SMILES string of the molecule is CCOc1ccc(N(C(=O)c2ccc(Br)cc2)S(=O)(=O)c2ccc(C)cc2)cc1. The minimum atomic E-state index is -4.12. The van der Waals surface area contributed by atoms with Gasteiger partial charge in [0.25, 0.3) is 15.9 Å². The van der Waals surface area contributed by atoms with Gasteiger partial charge < -0.3 is 4.74 Å². The van der Waals surface area contributed by atoms with E-state index in [1.807, 2.05) is 13.8 Å². The first-order chi connectivity index (χ1) is 13.8. The van der Waals surface area contributed by atoms with E-state index in [1.54, 1.807) is 60.7 Å². The standard InChI is InChI=1S/C22H20BrNO4S/c1-3-28-20-12-10-19(11-13-20)24(22(25)17-6-8-18(23)9-7-17)29(26,27)21-14-4-16(2)5-15-21/h4-15H,3H2,1-2H3. The Kier molecular flexibility index (Phi) is 6.39. The molecule has 7 heteroatoms. The predicted octanol–water partition coefficient (Wildman–Crippen LogP) is 5.19. The van der Waals surface area contributed by atoms with Crippen molar-refractivity contribution in [1.29, 1.82) is 0 Å². The Morgan fingerprint density at radius 3 is 2.07 bits per heavy atom. The molecular formula is C22H20BrNO4S. The molecule has 0 aromatic heterocycles. The zero-order valence-corrected chi connectivity index (χ0v) is 18.4. The van der Waals surface area contributed by atoms with Crippen LogP contribution < -0.4 is 9.04 Å². The number of hydrogen-bond donors (Lipinski definition) is 0. The highest BCUT2D eigenvalue weighted by Crippen LogP contribution is 2.28. The molecule has 3 aromatic rings. The molecule has 0 aliphatic heterocycles. The van der Waals surface area contributed by atoms with Crippen LogP contribution in [0.5, 0.6) is 5.75 Å². The van der Waals surface area contributed by atoms with Gasteiger partial charge in [-0.05, 0) is 74.5 Å². The first-order valence-electron chi connectivity index (χ1n) is 8.97. The van der Waals surface area contributed by atoms with Crippen LogP contribution in [0.3, 0.4) is 0 Å². The van der Waals surface area contributed by atoms with Crippen LogP contribution in [0.15, 0.2) is 82.2 Å². The van der Waals surface area contributed by atoms with Crippen LogP contribution in [-0.4, -0.2) is 20.9 Å². The summed E-state index contributed by atoms with van der Waals surface area (Å²) in [5.74, 6) is -0.0396. The number of carbonyl (C=O) groups is 1. The molecule has 150 valence electrons. The highest BCUT2D eigenvalue weighted by Gasteiger charge is 2.31. The Hall–Kier alpha value is -2.64. The van der Waals surface area contributed by atoms with Crippen molar-refractivity contribution in [3.05, 3.63) is 88.4 Å². The molecule has 0 saturated heterocycles. The van der Waals surface area contributed by atoms with Crippen molar-refractivity contribution in [2.24, 2.45) is 0 Å². The second kappa shape index (κ2) is 8.80. The van der Waals surface area contributed by atoms with Gasteiger partial charge in [-0.3, -0.25) is 4.79 Å². The lowest BCUT2D eigenvalue weighted by Crippen LogP contribution is -2.37. The van der Waals surface area contributed by atoms with Gasteiger partial charge in [0.15, 0.2) is 0 Å². The van der Waals surface area contributed by atoms with Crippen molar-refractivity contribution in [2.75, 3.05) is 10.9 Å². The Labute approximate surface area is 179 Å². The Balaban J connectivity index is 2.11. The molecule has 0 unspecified atom stereocenters. The number of rotatable bonds is 6. The van der Waals surface area contributed by atoms with Crippen LogP contribution in [-0.2, 0) is 10.0 Å². The van der Waals surface area contributed by atoms with Gasteiger partial charge in [0, 0.05) is 10.0 Å². The normalized spacial score (nSPS) is 11.1. The minimum absolute atomic E-state index is 0.0439.